The van der Waals surface area contributed by atoms with Gasteiger partial charge in [-0.2, -0.15) is 0 Å². The molecule has 1 N–H and O–H groups in total. The first-order chi connectivity index (χ1) is 6.56. The molecule has 0 amide bonds. The molecule has 0 unspecified atom stereocenters. The van der Waals surface area contributed by atoms with Gasteiger partial charge >= 0.3 is 5.97 Å². The molecule has 0 aliphatic rings. The number of benzene rings is 1. The Morgan fingerprint density at radius 1 is 1.36 bits per heavy atom. The van der Waals surface area contributed by atoms with Crippen molar-refractivity contribution >= 4 is 5.97 Å². The minimum Gasteiger partial charge on any atom is -0.493 e. The van der Waals surface area contributed by atoms with Gasteiger partial charge in [-0.15, -0.1) is 0 Å². The number of aryl methyl sites for hydroxylation is 2. The van der Waals surface area contributed by atoms with Crippen LogP contribution in [0.5, 0.6) is 5.75 Å². The van der Waals surface area contributed by atoms with Crippen LogP contribution in [0, 0.1) is 13.8 Å². The molecular formula is C11H14O3. The molecule has 1 aromatic carbocycles. The Kier molecular flexibility index (Phi) is 3.12. The van der Waals surface area contributed by atoms with Crippen LogP contribution in [0.1, 0.15) is 28.4 Å². The molecule has 3 nitrogen and oxygen atoms in total. The molecule has 14 heavy (non-hydrogen) atoms. The summed E-state index contributed by atoms with van der Waals surface area (Å²) >= 11 is 0. The number of hydrogen-bond acceptors (Lipinski definition) is 2. The van der Waals surface area contributed by atoms with Crippen molar-refractivity contribution in [3.8, 4) is 5.75 Å². The van der Waals surface area contributed by atoms with Crippen LogP contribution in [-0.2, 0) is 0 Å². The van der Waals surface area contributed by atoms with E-state index in [9.17, 15) is 4.79 Å². The highest BCUT2D eigenvalue weighted by Gasteiger charge is 2.09. The van der Waals surface area contributed by atoms with E-state index in [1.807, 2.05) is 20.8 Å². The molecule has 0 heterocycles. The van der Waals surface area contributed by atoms with Gasteiger partial charge in [0.1, 0.15) is 5.75 Å². The van der Waals surface area contributed by atoms with Gasteiger partial charge in [-0.05, 0) is 44.0 Å². The van der Waals surface area contributed by atoms with E-state index in [0.717, 1.165) is 16.9 Å². The summed E-state index contributed by atoms with van der Waals surface area (Å²) in [5.41, 5.74) is 2.04. The molecule has 3 heteroatoms. The van der Waals surface area contributed by atoms with Crippen LogP contribution in [-0.4, -0.2) is 17.7 Å². The van der Waals surface area contributed by atoms with Crippen molar-refractivity contribution < 1.29 is 14.6 Å². The van der Waals surface area contributed by atoms with Gasteiger partial charge in [0.25, 0.3) is 0 Å². The molecule has 0 aliphatic carbocycles. The van der Waals surface area contributed by atoms with Gasteiger partial charge in [-0.3, -0.25) is 0 Å². The number of rotatable bonds is 3. The lowest BCUT2D eigenvalue weighted by atomic mass is 10.1. The zero-order valence-corrected chi connectivity index (χ0v) is 8.63. The van der Waals surface area contributed by atoms with Crippen LogP contribution in [0.15, 0.2) is 12.1 Å². The fourth-order valence-electron chi connectivity index (χ4n) is 1.45. The smallest absolute Gasteiger partial charge is 0.335 e. The Hall–Kier alpha value is -1.51. The Balaban J connectivity index is 3.18. The van der Waals surface area contributed by atoms with Crippen LogP contribution >= 0.6 is 0 Å². The molecule has 0 radical (unpaired) electrons. The van der Waals surface area contributed by atoms with Crippen LogP contribution < -0.4 is 4.74 Å². The number of aromatic carboxylic acids is 1. The Bertz CT molecular complexity index is 333. The highest BCUT2D eigenvalue weighted by molar-refractivity contribution is 5.88. The van der Waals surface area contributed by atoms with Gasteiger partial charge in [0, 0.05) is 0 Å². The predicted octanol–water partition coefficient (Wildman–Crippen LogP) is 2.40. The first-order valence-electron chi connectivity index (χ1n) is 4.53. The van der Waals surface area contributed by atoms with Crippen molar-refractivity contribution in [1.29, 1.82) is 0 Å². The lowest BCUT2D eigenvalue weighted by Gasteiger charge is -2.11. The minimum atomic E-state index is -0.903. The molecule has 0 saturated carbocycles. The molecule has 0 aliphatic heterocycles. The second kappa shape index (κ2) is 4.13. The van der Waals surface area contributed by atoms with Crippen molar-refractivity contribution in [1.82, 2.24) is 0 Å². The Morgan fingerprint density at radius 2 is 1.86 bits per heavy atom. The highest BCUT2D eigenvalue weighted by atomic mass is 16.5. The van der Waals surface area contributed by atoms with E-state index >= 15 is 0 Å². The van der Waals surface area contributed by atoms with E-state index in [1.54, 1.807) is 12.1 Å². The van der Waals surface area contributed by atoms with E-state index in [0.29, 0.717) is 12.2 Å². The number of hydrogen-bond donors (Lipinski definition) is 1. The maximum atomic E-state index is 10.7. The van der Waals surface area contributed by atoms with Gasteiger partial charge < -0.3 is 9.84 Å². The molecule has 0 bridgehead atoms. The van der Waals surface area contributed by atoms with Crippen molar-refractivity contribution in [3.63, 3.8) is 0 Å². The Morgan fingerprint density at radius 3 is 2.21 bits per heavy atom. The van der Waals surface area contributed by atoms with E-state index < -0.39 is 5.97 Å². The molecular weight excluding hydrogens is 180 g/mol. The van der Waals surface area contributed by atoms with Crippen molar-refractivity contribution in [3.05, 3.63) is 28.8 Å². The molecule has 0 fully saturated rings. The van der Waals surface area contributed by atoms with E-state index in [-0.39, 0.29) is 0 Å². The minimum absolute atomic E-state index is 0.309. The van der Waals surface area contributed by atoms with Crippen molar-refractivity contribution in [2.24, 2.45) is 0 Å². The largest absolute Gasteiger partial charge is 0.493 e. The average Bonchev–Trinajstić information content (AvgIpc) is 2.10. The number of ether oxygens (including phenoxy) is 1. The van der Waals surface area contributed by atoms with Crippen LogP contribution in [0.2, 0.25) is 0 Å². The fourth-order valence-corrected chi connectivity index (χ4v) is 1.45. The molecule has 1 aromatic rings. The second-order valence-corrected chi connectivity index (χ2v) is 3.18. The van der Waals surface area contributed by atoms with Gasteiger partial charge in [-0.1, -0.05) is 0 Å². The fraction of sp³-hybridized carbons (Fsp3) is 0.364. The molecule has 0 saturated heterocycles. The maximum absolute atomic E-state index is 10.7. The first-order valence-corrected chi connectivity index (χ1v) is 4.53. The summed E-state index contributed by atoms with van der Waals surface area (Å²) in [6.07, 6.45) is 0. The molecule has 76 valence electrons. The van der Waals surface area contributed by atoms with E-state index in [2.05, 4.69) is 0 Å². The summed E-state index contributed by atoms with van der Waals surface area (Å²) in [7, 11) is 0. The first kappa shape index (κ1) is 10.6. The van der Waals surface area contributed by atoms with Crippen LogP contribution in [0.3, 0.4) is 0 Å². The third-order valence-electron chi connectivity index (χ3n) is 2.00. The molecule has 1 rings (SSSR count). The Labute approximate surface area is 83.3 Å². The number of carboxylic acids is 1. The van der Waals surface area contributed by atoms with Crippen LogP contribution in [0.25, 0.3) is 0 Å². The predicted molar refractivity (Wildman–Crippen MR) is 54.0 cm³/mol. The summed E-state index contributed by atoms with van der Waals surface area (Å²) in [6, 6.07) is 3.25. The third kappa shape index (κ3) is 2.05. The van der Waals surface area contributed by atoms with E-state index in [4.69, 9.17) is 9.84 Å². The molecule has 0 atom stereocenters. The second-order valence-electron chi connectivity index (χ2n) is 3.18. The van der Waals surface area contributed by atoms with Crippen molar-refractivity contribution in [2.45, 2.75) is 20.8 Å². The summed E-state index contributed by atoms with van der Waals surface area (Å²) in [5.74, 6) is -0.114. The zero-order chi connectivity index (χ0) is 10.7. The summed E-state index contributed by atoms with van der Waals surface area (Å²) in [5, 5.41) is 8.81. The SMILES string of the molecule is CCOc1c(C)cc(C(=O)O)cc1C. The lowest BCUT2D eigenvalue weighted by molar-refractivity contribution is 0.0696. The lowest BCUT2D eigenvalue weighted by Crippen LogP contribution is -2.02. The standard InChI is InChI=1S/C11H14O3/c1-4-14-10-7(2)5-9(11(12)13)6-8(10)3/h5-6H,4H2,1-3H3,(H,12,13). The van der Waals surface area contributed by atoms with Crippen LogP contribution in [0.4, 0.5) is 0 Å². The van der Waals surface area contributed by atoms with Crippen molar-refractivity contribution in [2.75, 3.05) is 6.61 Å². The summed E-state index contributed by atoms with van der Waals surface area (Å²) in [4.78, 5) is 10.7. The van der Waals surface area contributed by atoms with Gasteiger partial charge in [0.2, 0.25) is 0 Å². The van der Waals surface area contributed by atoms with Gasteiger partial charge in [0.05, 0.1) is 12.2 Å². The third-order valence-corrected chi connectivity index (χ3v) is 2.00. The van der Waals surface area contributed by atoms with Gasteiger partial charge in [-0.25, -0.2) is 4.79 Å². The highest BCUT2D eigenvalue weighted by Crippen LogP contribution is 2.24. The topological polar surface area (TPSA) is 46.5 Å². The monoisotopic (exact) mass is 194 g/mol. The van der Waals surface area contributed by atoms with E-state index in [1.165, 1.54) is 0 Å². The summed E-state index contributed by atoms with van der Waals surface area (Å²) in [6.45, 7) is 6.20. The molecule has 0 spiro atoms. The quantitative estimate of drug-likeness (QED) is 0.803. The maximum Gasteiger partial charge on any atom is 0.335 e. The average molecular weight is 194 g/mol. The number of carboxylic acid groups (broad SMARTS) is 1. The molecule has 0 aromatic heterocycles. The normalized spacial score (nSPS) is 9.93. The zero-order valence-electron chi connectivity index (χ0n) is 8.63. The number of carbonyl (C=O) groups is 1. The van der Waals surface area contributed by atoms with Gasteiger partial charge in [0.15, 0.2) is 0 Å². The summed E-state index contributed by atoms with van der Waals surface area (Å²) < 4.78 is 5.41.